The number of hydrogen-bond donors (Lipinski definition) is 0. The summed E-state index contributed by atoms with van der Waals surface area (Å²) in [7, 11) is 0. The lowest BCUT2D eigenvalue weighted by Crippen LogP contribution is -2.40. The number of allylic oxidation sites excluding steroid dienone is 1. The SMILES string of the molecule is C=CCOc1ccc([C@H]2C(C(=O)OCC)=C(C)N=c3s/c(=C\c4ccc(C)o4)c(=O)n32)cc1OCC. The molecule has 1 aliphatic rings. The van der Waals surface area contributed by atoms with Crippen molar-refractivity contribution in [2.75, 3.05) is 19.8 Å². The number of rotatable bonds is 9. The van der Waals surface area contributed by atoms with Gasteiger partial charge in [-0.3, -0.25) is 9.36 Å². The second kappa shape index (κ2) is 10.8. The van der Waals surface area contributed by atoms with Crippen molar-refractivity contribution in [2.45, 2.75) is 33.7 Å². The van der Waals surface area contributed by atoms with Gasteiger partial charge in [-0.15, -0.1) is 0 Å². The molecule has 1 aromatic carbocycles. The maximum Gasteiger partial charge on any atom is 0.338 e. The van der Waals surface area contributed by atoms with Crippen LogP contribution in [0.5, 0.6) is 11.5 Å². The molecule has 0 saturated carbocycles. The van der Waals surface area contributed by atoms with Gasteiger partial charge in [-0.2, -0.15) is 0 Å². The molecule has 1 aliphatic heterocycles. The monoisotopic (exact) mass is 508 g/mol. The zero-order valence-corrected chi connectivity index (χ0v) is 21.5. The van der Waals surface area contributed by atoms with Gasteiger partial charge >= 0.3 is 5.97 Å². The minimum absolute atomic E-state index is 0.198. The van der Waals surface area contributed by atoms with Gasteiger partial charge in [0.2, 0.25) is 0 Å². The molecule has 0 fully saturated rings. The van der Waals surface area contributed by atoms with Gasteiger partial charge in [-0.1, -0.05) is 30.1 Å². The molecule has 0 spiro atoms. The number of hydrogen-bond acceptors (Lipinski definition) is 8. The highest BCUT2D eigenvalue weighted by Crippen LogP contribution is 2.36. The number of aryl methyl sites for hydroxylation is 1. The summed E-state index contributed by atoms with van der Waals surface area (Å²) in [6, 6.07) is 8.25. The Balaban J connectivity index is 1.93. The lowest BCUT2D eigenvalue weighted by molar-refractivity contribution is -0.139. The summed E-state index contributed by atoms with van der Waals surface area (Å²) in [4.78, 5) is 31.8. The summed E-state index contributed by atoms with van der Waals surface area (Å²) in [6.45, 7) is 11.8. The third kappa shape index (κ3) is 4.92. The van der Waals surface area contributed by atoms with E-state index in [4.69, 9.17) is 18.6 Å². The molecule has 36 heavy (non-hydrogen) atoms. The molecule has 2 aromatic heterocycles. The molecule has 0 N–H and O–H groups in total. The molecule has 188 valence electrons. The first-order valence-corrected chi connectivity index (χ1v) is 12.5. The van der Waals surface area contributed by atoms with Crippen LogP contribution < -0.4 is 24.4 Å². The fourth-order valence-corrected chi connectivity index (χ4v) is 5.02. The van der Waals surface area contributed by atoms with Gasteiger partial charge in [0.15, 0.2) is 16.3 Å². The molecular formula is C27H28N2O6S. The Labute approximate surface area is 212 Å². The van der Waals surface area contributed by atoms with E-state index < -0.39 is 12.0 Å². The van der Waals surface area contributed by atoms with Crippen LogP contribution in [0.3, 0.4) is 0 Å². The van der Waals surface area contributed by atoms with E-state index >= 15 is 0 Å². The Morgan fingerprint density at radius 3 is 2.64 bits per heavy atom. The molecule has 3 heterocycles. The summed E-state index contributed by atoms with van der Waals surface area (Å²) in [5, 5.41) is 0. The molecule has 9 heteroatoms. The molecule has 3 aromatic rings. The first kappa shape index (κ1) is 25.2. The number of thiazole rings is 1. The fourth-order valence-electron chi connectivity index (χ4n) is 4.00. The largest absolute Gasteiger partial charge is 0.490 e. The number of carbonyl (C=O) groups is 1. The average molecular weight is 509 g/mol. The molecule has 0 aliphatic carbocycles. The number of furan rings is 1. The predicted octanol–water partition coefficient (Wildman–Crippen LogP) is 3.66. The maximum atomic E-state index is 13.7. The lowest BCUT2D eigenvalue weighted by atomic mass is 9.95. The Morgan fingerprint density at radius 1 is 1.17 bits per heavy atom. The molecular weight excluding hydrogens is 480 g/mol. The minimum atomic E-state index is -0.756. The van der Waals surface area contributed by atoms with Crippen molar-refractivity contribution in [2.24, 2.45) is 4.99 Å². The van der Waals surface area contributed by atoms with E-state index in [9.17, 15) is 9.59 Å². The third-order valence-corrected chi connectivity index (χ3v) is 6.47. The number of fused-ring (bicyclic) bond motifs is 1. The van der Waals surface area contributed by atoms with Crippen LogP contribution in [-0.4, -0.2) is 30.4 Å². The number of esters is 1. The standard InChI is InChI=1S/C27H28N2O6S/c1-6-13-34-20-12-10-18(14-21(20)32-7-2)24-23(26(31)33-8-3)17(5)28-27-29(24)25(30)22(36-27)15-19-11-9-16(4)35-19/h6,9-12,14-15,24H,1,7-8,13H2,2-5H3/b22-15-/t24-/m0/s1. The van der Waals surface area contributed by atoms with E-state index in [1.807, 2.05) is 26.0 Å². The normalized spacial score (nSPS) is 15.3. The number of carbonyl (C=O) groups excluding carboxylic acids is 1. The number of benzene rings is 1. The van der Waals surface area contributed by atoms with Gasteiger partial charge in [-0.05, 0) is 57.5 Å². The molecule has 0 amide bonds. The van der Waals surface area contributed by atoms with Crippen molar-refractivity contribution in [1.29, 1.82) is 0 Å². The Kier molecular flexibility index (Phi) is 7.59. The molecule has 8 nitrogen and oxygen atoms in total. The van der Waals surface area contributed by atoms with Crippen molar-refractivity contribution < 1.29 is 23.4 Å². The second-order valence-electron chi connectivity index (χ2n) is 7.99. The Bertz CT molecular complexity index is 1510. The summed E-state index contributed by atoms with van der Waals surface area (Å²) in [5.74, 6) is 1.83. The zero-order valence-electron chi connectivity index (χ0n) is 20.7. The topological polar surface area (TPSA) is 92.3 Å². The quantitative estimate of drug-likeness (QED) is 0.324. The summed E-state index contributed by atoms with van der Waals surface area (Å²) >= 11 is 1.24. The fraction of sp³-hybridized carbons (Fsp3) is 0.296. The minimum Gasteiger partial charge on any atom is -0.490 e. The van der Waals surface area contributed by atoms with E-state index in [0.717, 1.165) is 5.76 Å². The lowest BCUT2D eigenvalue weighted by Gasteiger charge is -2.25. The van der Waals surface area contributed by atoms with Gasteiger partial charge in [0.05, 0.1) is 35.1 Å². The van der Waals surface area contributed by atoms with Gasteiger partial charge in [0.25, 0.3) is 5.56 Å². The van der Waals surface area contributed by atoms with Crippen molar-refractivity contribution in [3.05, 3.63) is 91.0 Å². The van der Waals surface area contributed by atoms with Crippen molar-refractivity contribution in [1.82, 2.24) is 4.57 Å². The van der Waals surface area contributed by atoms with Crippen molar-refractivity contribution >= 4 is 23.4 Å². The van der Waals surface area contributed by atoms with Gasteiger partial charge in [0, 0.05) is 6.08 Å². The van der Waals surface area contributed by atoms with Crippen molar-refractivity contribution in [3.8, 4) is 11.5 Å². The van der Waals surface area contributed by atoms with E-state index in [2.05, 4.69) is 11.6 Å². The zero-order chi connectivity index (χ0) is 25.8. The van der Waals surface area contributed by atoms with Crippen LogP contribution >= 0.6 is 11.3 Å². The average Bonchev–Trinajstić information content (AvgIpc) is 3.39. The Hall–Kier alpha value is -3.85. The molecule has 0 saturated heterocycles. The smallest absolute Gasteiger partial charge is 0.338 e. The third-order valence-electron chi connectivity index (χ3n) is 5.49. The molecule has 1 atom stereocenters. The van der Waals surface area contributed by atoms with Gasteiger partial charge in [0.1, 0.15) is 18.1 Å². The van der Waals surface area contributed by atoms with Crippen LogP contribution in [0.4, 0.5) is 0 Å². The van der Waals surface area contributed by atoms with E-state index in [1.54, 1.807) is 44.2 Å². The highest BCUT2D eigenvalue weighted by Gasteiger charge is 2.34. The second-order valence-corrected chi connectivity index (χ2v) is 9.00. The number of nitrogens with zero attached hydrogens (tertiary/aromatic N) is 2. The molecule has 0 radical (unpaired) electrons. The number of aromatic nitrogens is 1. The van der Waals surface area contributed by atoms with Crippen LogP contribution in [0.1, 0.15) is 43.9 Å². The van der Waals surface area contributed by atoms with Crippen LogP contribution in [0, 0.1) is 6.92 Å². The van der Waals surface area contributed by atoms with Crippen LogP contribution in [-0.2, 0) is 9.53 Å². The van der Waals surface area contributed by atoms with E-state index in [0.29, 0.717) is 56.6 Å². The predicted molar refractivity (Wildman–Crippen MR) is 137 cm³/mol. The van der Waals surface area contributed by atoms with Crippen LogP contribution in [0.2, 0.25) is 0 Å². The molecule has 4 rings (SSSR count). The van der Waals surface area contributed by atoms with Crippen LogP contribution in [0.25, 0.3) is 6.08 Å². The molecule has 0 unspecified atom stereocenters. The van der Waals surface area contributed by atoms with E-state index in [1.165, 1.54) is 15.9 Å². The maximum absolute atomic E-state index is 13.7. The van der Waals surface area contributed by atoms with Crippen molar-refractivity contribution in [3.63, 3.8) is 0 Å². The van der Waals surface area contributed by atoms with E-state index in [-0.39, 0.29) is 12.2 Å². The highest BCUT2D eigenvalue weighted by atomic mass is 32.1. The first-order chi connectivity index (χ1) is 17.4. The van der Waals surface area contributed by atoms with Gasteiger partial charge in [-0.25, -0.2) is 9.79 Å². The highest BCUT2D eigenvalue weighted by molar-refractivity contribution is 7.07. The summed E-state index contributed by atoms with van der Waals surface area (Å²) < 4.78 is 24.5. The summed E-state index contributed by atoms with van der Waals surface area (Å²) in [5.41, 5.74) is 1.18. The first-order valence-electron chi connectivity index (χ1n) is 11.6. The van der Waals surface area contributed by atoms with Crippen LogP contribution in [0.15, 0.2) is 68.5 Å². The number of ether oxygens (including phenoxy) is 3. The molecule has 0 bridgehead atoms. The summed E-state index contributed by atoms with van der Waals surface area (Å²) in [6.07, 6.45) is 3.34. The Morgan fingerprint density at radius 2 is 1.97 bits per heavy atom. The van der Waals surface area contributed by atoms with Gasteiger partial charge < -0.3 is 18.6 Å².